The van der Waals surface area contributed by atoms with Crippen LogP contribution in [-0.4, -0.2) is 21.6 Å². The van der Waals surface area contributed by atoms with Crippen molar-refractivity contribution in [2.24, 2.45) is 0 Å². The van der Waals surface area contributed by atoms with Crippen molar-refractivity contribution >= 4 is 17.5 Å². The lowest BCUT2D eigenvalue weighted by Crippen LogP contribution is -2.36. The Morgan fingerprint density at radius 3 is 2.00 bits per heavy atom. The second-order valence-electron chi connectivity index (χ2n) is 6.55. The van der Waals surface area contributed by atoms with Crippen molar-refractivity contribution in [3.05, 3.63) is 99.1 Å². The fraction of sp³-hybridized carbons (Fsp3) is 0.0476. The highest BCUT2D eigenvalue weighted by Gasteiger charge is 2.44. The van der Waals surface area contributed by atoms with Crippen LogP contribution < -0.4 is 4.74 Å². The Labute approximate surface area is 158 Å². The van der Waals surface area contributed by atoms with Crippen LogP contribution >= 0.6 is 0 Å². The molecule has 136 valence electrons. The molecular formula is C21H12N2O5. The number of nitro benzene ring substituents is 1. The molecule has 2 aliphatic heterocycles. The van der Waals surface area contributed by atoms with Crippen molar-refractivity contribution in [1.82, 2.24) is 4.90 Å². The first kappa shape index (κ1) is 16.2. The molecule has 0 aromatic heterocycles. The predicted molar refractivity (Wildman–Crippen MR) is 98.4 cm³/mol. The normalized spacial score (nSPS) is 14.9. The topological polar surface area (TPSA) is 89.8 Å². The molecule has 0 fully saturated rings. The summed E-state index contributed by atoms with van der Waals surface area (Å²) in [5.41, 5.74) is 1.35. The lowest BCUT2D eigenvalue weighted by molar-refractivity contribution is -0.384. The Bertz CT molecular complexity index is 1140. The number of rotatable bonds is 2. The van der Waals surface area contributed by atoms with E-state index in [1.807, 2.05) is 36.4 Å². The third-order valence-electron chi connectivity index (χ3n) is 5.02. The zero-order valence-corrected chi connectivity index (χ0v) is 14.4. The van der Waals surface area contributed by atoms with Gasteiger partial charge < -0.3 is 4.74 Å². The first-order valence-electron chi connectivity index (χ1n) is 8.58. The van der Waals surface area contributed by atoms with Gasteiger partial charge in [0.2, 0.25) is 0 Å². The standard InChI is InChI=1S/C21H12N2O5/c24-20-13-10-9-12(23(26)27)11-16(13)21(25)22(20)19-14-5-1-3-7-17(14)28-18-8-4-2-6-15(18)19/h1-11,19H. The number of imide groups is 1. The molecule has 0 saturated heterocycles. The number of amides is 2. The number of hydrogen-bond acceptors (Lipinski definition) is 5. The van der Waals surface area contributed by atoms with Crippen molar-refractivity contribution < 1.29 is 19.2 Å². The van der Waals surface area contributed by atoms with Crippen LogP contribution in [-0.2, 0) is 0 Å². The van der Waals surface area contributed by atoms with Crippen molar-refractivity contribution in [3.63, 3.8) is 0 Å². The first-order chi connectivity index (χ1) is 13.6. The largest absolute Gasteiger partial charge is 0.457 e. The van der Waals surface area contributed by atoms with Gasteiger partial charge in [-0.25, -0.2) is 0 Å². The van der Waals surface area contributed by atoms with Gasteiger partial charge in [-0.15, -0.1) is 0 Å². The van der Waals surface area contributed by atoms with Gasteiger partial charge in [-0.05, 0) is 18.2 Å². The van der Waals surface area contributed by atoms with E-state index in [9.17, 15) is 19.7 Å². The Morgan fingerprint density at radius 1 is 0.821 bits per heavy atom. The fourth-order valence-corrected chi connectivity index (χ4v) is 3.76. The van der Waals surface area contributed by atoms with Crippen molar-refractivity contribution in [3.8, 4) is 11.5 Å². The molecule has 0 spiro atoms. The molecule has 28 heavy (non-hydrogen) atoms. The van der Waals surface area contributed by atoms with E-state index in [2.05, 4.69) is 0 Å². The zero-order chi connectivity index (χ0) is 19.4. The number of benzene rings is 3. The molecule has 2 heterocycles. The van der Waals surface area contributed by atoms with Crippen LogP contribution in [0.2, 0.25) is 0 Å². The minimum atomic E-state index is -0.674. The van der Waals surface area contributed by atoms with Crippen LogP contribution in [0.4, 0.5) is 5.69 Å². The second kappa shape index (κ2) is 5.75. The van der Waals surface area contributed by atoms with Crippen LogP contribution in [0.3, 0.4) is 0 Å². The Kier molecular flexibility index (Phi) is 3.33. The van der Waals surface area contributed by atoms with E-state index in [4.69, 9.17) is 4.74 Å². The van der Waals surface area contributed by atoms with E-state index in [1.54, 1.807) is 12.1 Å². The molecule has 0 aliphatic carbocycles. The van der Waals surface area contributed by atoms with Crippen LogP contribution in [0.1, 0.15) is 37.9 Å². The molecular weight excluding hydrogens is 360 g/mol. The van der Waals surface area contributed by atoms with Gasteiger partial charge in [0.25, 0.3) is 17.5 Å². The van der Waals surface area contributed by atoms with Gasteiger partial charge >= 0.3 is 0 Å². The SMILES string of the molecule is O=C1c2ccc([N+](=O)[O-])cc2C(=O)N1C1c2ccccc2Oc2ccccc21. The smallest absolute Gasteiger partial charge is 0.270 e. The molecule has 2 amide bonds. The van der Waals surface area contributed by atoms with Gasteiger partial charge in [0.1, 0.15) is 11.5 Å². The van der Waals surface area contributed by atoms with E-state index in [-0.39, 0.29) is 16.8 Å². The number of carbonyl (C=O) groups excluding carboxylic acids is 2. The summed E-state index contributed by atoms with van der Waals surface area (Å²) in [6.45, 7) is 0. The maximum Gasteiger partial charge on any atom is 0.270 e. The van der Waals surface area contributed by atoms with Gasteiger partial charge in [0.15, 0.2) is 0 Å². The lowest BCUT2D eigenvalue weighted by atomic mass is 9.93. The van der Waals surface area contributed by atoms with Crippen molar-refractivity contribution in [1.29, 1.82) is 0 Å². The van der Waals surface area contributed by atoms with Crippen molar-refractivity contribution in [2.75, 3.05) is 0 Å². The fourth-order valence-electron chi connectivity index (χ4n) is 3.76. The molecule has 0 saturated carbocycles. The number of hydrogen-bond donors (Lipinski definition) is 0. The van der Waals surface area contributed by atoms with E-state index < -0.39 is 22.8 Å². The molecule has 0 N–H and O–H groups in total. The van der Waals surface area contributed by atoms with Crippen LogP contribution in [0, 0.1) is 10.1 Å². The summed E-state index contributed by atoms with van der Waals surface area (Å²) in [4.78, 5) is 37.9. The zero-order valence-electron chi connectivity index (χ0n) is 14.4. The summed E-state index contributed by atoms with van der Waals surface area (Å²) >= 11 is 0. The maximum absolute atomic E-state index is 13.1. The average Bonchev–Trinajstić information content (AvgIpc) is 2.96. The maximum atomic E-state index is 13.1. The van der Waals surface area contributed by atoms with Crippen LogP contribution in [0.25, 0.3) is 0 Å². The first-order valence-corrected chi connectivity index (χ1v) is 8.58. The predicted octanol–water partition coefficient (Wildman–Crippen LogP) is 4.09. The minimum absolute atomic E-state index is 0.0423. The summed E-state index contributed by atoms with van der Waals surface area (Å²) in [6, 6.07) is 17.5. The van der Waals surface area contributed by atoms with E-state index >= 15 is 0 Å². The molecule has 0 radical (unpaired) electrons. The third kappa shape index (κ3) is 2.16. The van der Waals surface area contributed by atoms with Gasteiger partial charge in [0, 0.05) is 23.3 Å². The molecule has 3 aromatic carbocycles. The van der Waals surface area contributed by atoms with E-state index in [0.717, 1.165) is 11.0 Å². The highest BCUT2D eigenvalue weighted by atomic mass is 16.6. The summed E-state index contributed by atoms with van der Waals surface area (Å²) in [6.07, 6.45) is 0. The number of nitrogens with zero attached hydrogens (tertiary/aromatic N) is 2. The van der Waals surface area contributed by atoms with Gasteiger partial charge in [-0.2, -0.15) is 0 Å². The molecule has 5 rings (SSSR count). The summed E-state index contributed by atoms with van der Waals surface area (Å²) in [7, 11) is 0. The highest BCUT2D eigenvalue weighted by Crippen LogP contribution is 2.47. The minimum Gasteiger partial charge on any atom is -0.457 e. The molecule has 0 unspecified atom stereocenters. The number of ether oxygens (including phenoxy) is 1. The van der Waals surface area contributed by atoms with Crippen LogP contribution in [0.5, 0.6) is 11.5 Å². The second-order valence-corrected chi connectivity index (χ2v) is 6.55. The number of carbonyl (C=O) groups is 2. The monoisotopic (exact) mass is 372 g/mol. The summed E-state index contributed by atoms with van der Waals surface area (Å²) in [5.74, 6) is 0.0917. The quantitative estimate of drug-likeness (QED) is 0.384. The summed E-state index contributed by atoms with van der Waals surface area (Å²) in [5, 5.41) is 11.1. The molecule has 0 bridgehead atoms. The number of fused-ring (bicyclic) bond motifs is 3. The van der Waals surface area contributed by atoms with Gasteiger partial charge in [-0.1, -0.05) is 36.4 Å². The molecule has 3 aromatic rings. The lowest BCUT2D eigenvalue weighted by Gasteiger charge is -2.33. The van der Waals surface area contributed by atoms with Gasteiger partial charge in [0.05, 0.1) is 22.1 Å². The molecule has 0 atom stereocenters. The Balaban J connectivity index is 1.69. The van der Waals surface area contributed by atoms with E-state index in [0.29, 0.717) is 22.6 Å². The molecule has 7 nitrogen and oxygen atoms in total. The number of nitro groups is 1. The molecule has 7 heteroatoms. The Morgan fingerprint density at radius 2 is 1.39 bits per heavy atom. The average molecular weight is 372 g/mol. The van der Waals surface area contributed by atoms with Crippen LogP contribution in [0.15, 0.2) is 66.7 Å². The third-order valence-corrected chi connectivity index (χ3v) is 5.02. The van der Waals surface area contributed by atoms with Gasteiger partial charge in [-0.3, -0.25) is 24.6 Å². The number of non-ortho nitro benzene ring substituents is 1. The highest BCUT2D eigenvalue weighted by molar-refractivity contribution is 6.22. The van der Waals surface area contributed by atoms with Crippen molar-refractivity contribution in [2.45, 2.75) is 6.04 Å². The Hall–Kier alpha value is -4.00. The summed E-state index contributed by atoms with van der Waals surface area (Å²) < 4.78 is 5.93. The van der Waals surface area contributed by atoms with E-state index in [1.165, 1.54) is 12.1 Å². The molecule has 2 aliphatic rings. The number of para-hydroxylation sites is 2.